The van der Waals surface area contributed by atoms with E-state index < -0.39 is 17.6 Å². The van der Waals surface area contributed by atoms with Crippen molar-refractivity contribution in [3.63, 3.8) is 0 Å². The molecule has 1 aromatic heterocycles. The van der Waals surface area contributed by atoms with Crippen LogP contribution in [0.1, 0.15) is 34.3 Å². The van der Waals surface area contributed by atoms with Gasteiger partial charge in [-0.3, -0.25) is 19.5 Å². The van der Waals surface area contributed by atoms with Crippen molar-refractivity contribution < 1.29 is 27.5 Å². The first-order valence-electron chi connectivity index (χ1n) is 13.3. The van der Waals surface area contributed by atoms with Crippen LogP contribution >= 0.6 is 0 Å². The van der Waals surface area contributed by atoms with Crippen molar-refractivity contribution in [2.75, 3.05) is 25.0 Å². The number of aryl methyl sites for hydroxylation is 1. The van der Waals surface area contributed by atoms with Crippen LogP contribution in [0.2, 0.25) is 0 Å². The third-order valence-electron chi connectivity index (χ3n) is 6.94. The van der Waals surface area contributed by atoms with Gasteiger partial charge in [-0.25, -0.2) is 4.98 Å². The predicted molar refractivity (Wildman–Crippen MR) is 149 cm³/mol. The fraction of sp³-hybridized carbons (Fsp3) is 0.258. The molecule has 10 heteroatoms. The van der Waals surface area contributed by atoms with Crippen molar-refractivity contribution in [3.05, 3.63) is 102 Å². The Morgan fingerprint density at radius 2 is 1.73 bits per heavy atom. The summed E-state index contributed by atoms with van der Waals surface area (Å²) < 4.78 is 46.7. The molecule has 0 spiro atoms. The Morgan fingerprint density at radius 1 is 1.02 bits per heavy atom. The van der Waals surface area contributed by atoms with E-state index in [4.69, 9.17) is 4.74 Å². The van der Waals surface area contributed by atoms with Gasteiger partial charge in [0, 0.05) is 36.2 Å². The number of hydrogen-bond acceptors (Lipinski definition) is 4. The van der Waals surface area contributed by atoms with Crippen LogP contribution in [-0.2, 0) is 15.7 Å². The van der Waals surface area contributed by atoms with Crippen molar-refractivity contribution >= 4 is 17.8 Å². The maximum Gasteiger partial charge on any atom is 0.416 e. The number of benzene rings is 3. The molecule has 2 amide bonds. The Kier molecular flexibility index (Phi) is 8.21. The Bertz CT molecular complexity index is 1510. The topological polar surface area (TPSA) is 76.5 Å². The van der Waals surface area contributed by atoms with E-state index in [-0.39, 0.29) is 31.0 Å². The number of nitrogens with zero attached hydrogens (tertiary/aromatic N) is 3. The van der Waals surface area contributed by atoms with Gasteiger partial charge >= 0.3 is 6.18 Å². The second-order valence-electron chi connectivity index (χ2n) is 9.91. The summed E-state index contributed by atoms with van der Waals surface area (Å²) in [5, 5.41) is 2.78. The molecule has 1 atom stereocenters. The number of rotatable bonds is 8. The lowest BCUT2D eigenvalue weighted by atomic mass is 10.1. The van der Waals surface area contributed by atoms with Crippen LogP contribution in [0.15, 0.2) is 85.1 Å². The average Bonchev–Trinajstić information content (AvgIpc) is 3.63. The number of aromatic nitrogens is 2. The van der Waals surface area contributed by atoms with E-state index in [0.717, 1.165) is 36.1 Å². The number of anilines is 1. The maximum atomic E-state index is 13.5. The van der Waals surface area contributed by atoms with Crippen LogP contribution in [0.5, 0.6) is 0 Å². The number of carbonyl (C=O) groups excluding carboxylic acids is 2. The molecule has 212 valence electrons. The molecule has 0 saturated carbocycles. The summed E-state index contributed by atoms with van der Waals surface area (Å²) >= 11 is 0. The molecule has 1 fully saturated rings. The minimum atomic E-state index is -4.48. The van der Waals surface area contributed by atoms with E-state index in [9.17, 15) is 22.8 Å². The third-order valence-corrected chi connectivity index (χ3v) is 6.94. The molecule has 2 heterocycles. The molecule has 41 heavy (non-hydrogen) atoms. The summed E-state index contributed by atoms with van der Waals surface area (Å²) in [5.41, 5.74) is 2.18. The van der Waals surface area contributed by atoms with Gasteiger partial charge in [0.2, 0.25) is 11.9 Å². The molecule has 0 radical (unpaired) electrons. The average molecular weight is 563 g/mol. The number of halogens is 3. The van der Waals surface area contributed by atoms with Gasteiger partial charge in [0.25, 0.3) is 5.91 Å². The molecule has 5 rings (SSSR count). The van der Waals surface area contributed by atoms with E-state index in [1.165, 1.54) is 21.6 Å². The number of imidazole rings is 1. The summed E-state index contributed by atoms with van der Waals surface area (Å²) in [6, 6.07) is 21.0. The first-order valence-corrected chi connectivity index (χ1v) is 13.3. The molecule has 3 aromatic carbocycles. The van der Waals surface area contributed by atoms with E-state index in [1.54, 1.807) is 18.3 Å². The zero-order valence-corrected chi connectivity index (χ0v) is 22.4. The lowest BCUT2D eigenvalue weighted by molar-refractivity contribution is -0.137. The Balaban J connectivity index is 1.43. The molecule has 1 aliphatic rings. The minimum Gasteiger partial charge on any atom is -0.376 e. The van der Waals surface area contributed by atoms with E-state index in [2.05, 4.69) is 10.3 Å². The molecule has 4 aromatic rings. The third kappa shape index (κ3) is 6.66. The Labute approximate surface area is 235 Å². The molecule has 0 bridgehead atoms. The molecule has 0 aliphatic carbocycles. The van der Waals surface area contributed by atoms with Crippen LogP contribution < -0.4 is 5.32 Å². The van der Waals surface area contributed by atoms with Crippen molar-refractivity contribution in [2.45, 2.75) is 32.0 Å². The lowest BCUT2D eigenvalue weighted by Crippen LogP contribution is -2.42. The largest absolute Gasteiger partial charge is 0.416 e. The quantitative estimate of drug-likeness (QED) is 0.281. The van der Waals surface area contributed by atoms with Gasteiger partial charge in [-0.15, -0.1) is 0 Å². The van der Waals surface area contributed by atoms with Crippen molar-refractivity contribution in [2.24, 2.45) is 0 Å². The van der Waals surface area contributed by atoms with Crippen molar-refractivity contribution in [3.8, 4) is 16.9 Å². The molecular weight excluding hydrogens is 533 g/mol. The molecule has 1 N–H and O–H groups in total. The molecule has 1 saturated heterocycles. The van der Waals surface area contributed by atoms with E-state index in [1.807, 2.05) is 49.4 Å². The summed E-state index contributed by atoms with van der Waals surface area (Å²) in [7, 11) is 0. The molecular formula is C31H29F3N4O3. The molecule has 1 unspecified atom stereocenters. The number of hydrogen-bond donors (Lipinski definition) is 1. The summed E-state index contributed by atoms with van der Waals surface area (Å²) in [4.78, 5) is 32.9. The fourth-order valence-electron chi connectivity index (χ4n) is 4.80. The standard InChI is InChI=1S/C31H29F3N4O3/c1-21-8-5-6-12-26(21)29(40)37(18-25-11-7-17-41-25)20-28(39)36-30-35-27(22-9-3-2-4-10-22)19-38(30)24-15-13-23(14-16-24)31(32,33)34/h2-6,8-10,12-16,19,25H,7,11,17-18,20H2,1H3,(H,35,36,39). The fourth-order valence-corrected chi connectivity index (χ4v) is 4.80. The highest BCUT2D eigenvalue weighted by Gasteiger charge is 2.30. The maximum absolute atomic E-state index is 13.5. The van der Waals surface area contributed by atoms with Gasteiger partial charge in [-0.2, -0.15) is 13.2 Å². The summed E-state index contributed by atoms with van der Waals surface area (Å²) in [6.45, 7) is 2.44. The van der Waals surface area contributed by atoms with Crippen LogP contribution in [0, 0.1) is 6.92 Å². The first-order chi connectivity index (χ1) is 19.7. The van der Waals surface area contributed by atoms with Crippen LogP contribution in [0.25, 0.3) is 16.9 Å². The second-order valence-corrected chi connectivity index (χ2v) is 9.91. The van der Waals surface area contributed by atoms with Gasteiger partial charge < -0.3 is 9.64 Å². The second kappa shape index (κ2) is 12.0. The number of ether oxygens (including phenoxy) is 1. The summed E-state index contributed by atoms with van der Waals surface area (Å²) in [5.74, 6) is -0.665. The Morgan fingerprint density at radius 3 is 2.39 bits per heavy atom. The van der Waals surface area contributed by atoms with Gasteiger partial charge in [0.1, 0.15) is 6.54 Å². The van der Waals surface area contributed by atoms with E-state index in [0.29, 0.717) is 23.6 Å². The summed E-state index contributed by atoms with van der Waals surface area (Å²) in [6.07, 6.45) is -1.32. The first kappa shape index (κ1) is 28.1. The highest BCUT2D eigenvalue weighted by Crippen LogP contribution is 2.31. The molecule has 7 nitrogen and oxygen atoms in total. The van der Waals surface area contributed by atoms with Crippen LogP contribution in [-0.4, -0.2) is 52.1 Å². The SMILES string of the molecule is Cc1ccccc1C(=O)N(CC(=O)Nc1nc(-c2ccccc2)cn1-c1ccc(C(F)(F)F)cc1)CC1CCCO1. The van der Waals surface area contributed by atoms with Crippen molar-refractivity contribution in [1.29, 1.82) is 0 Å². The molecule has 1 aliphatic heterocycles. The number of amides is 2. The van der Waals surface area contributed by atoms with E-state index >= 15 is 0 Å². The zero-order chi connectivity index (χ0) is 29.0. The lowest BCUT2D eigenvalue weighted by Gasteiger charge is -2.25. The highest BCUT2D eigenvalue weighted by atomic mass is 19.4. The van der Waals surface area contributed by atoms with Crippen molar-refractivity contribution in [1.82, 2.24) is 14.5 Å². The monoisotopic (exact) mass is 562 g/mol. The zero-order valence-electron chi connectivity index (χ0n) is 22.4. The number of nitrogens with one attached hydrogen (secondary N) is 1. The predicted octanol–water partition coefficient (Wildman–Crippen LogP) is 6.13. The highest BCUT2D eigenvalue weighted by molar-refractivity contribution is 6.00. The van der Waals surface area contributed by atoms with Gasteiger partial charge in [0.05, 0.1) is 17.4 Å². The van der Waals surface area contributed by atoms with Gasteiger partial charge in [0.15, 0.2) is 0 Å². The smallest absolute Gasteiger partial charge is 0.376 e. The Hall–Kier alpha value is -4.44. The minimum absolute atomic E-state index is 0.119. The van der Waals surface area contributed by atoms with Crippen LogP contribution in [0.3, 0.4) is 0 Å². The normalized spacial score (nSPS) is 15.1. The van der Waals surface area contributed by atoms with Gasteiger partial charge in [-0.05, 0) is 55.7 Å². The number of alkyl halides is 3. The van der Waals surface area contributed by atoms with Gasteiger partial charge in [-0.1, -0.05) is 48.5 Å². The number of carbonyl (C=O) groups is 2. The van der Waals surface area contributed by atoms with Crippen LogP contribution in [0.4, 0.5) is 19.1 Å².